The number of ether oxygens (including phenoxy) is 1. The lowest BCUT2D eigenvalue weighted by atomic mass is 9.98. The zero-order valence-electron chi connectivity index (χ0n) is 15.0. The number of benzene rings is 1. The van der Waals surface area contributed by atoms with E-state index in [9.17, 15) is 4.79 Å². The van der Waals surface area contributed by atoms with E-state index >= 15 is 0 Å². The summed E-state index contributed by atoms with van der Waals surface area (Å²) in [4.78, 5) is 12.3. The molecule has 2 rings (SSSR count). The Hall–Kier alpha value is -1.71. The van der Waals surface area contributed by atoms with Crippen LogP contribution in [-0.4, -0.2) is 19.2 Å². The van der Waals surface area contributed by atoms with Crippen LogP contribution >= 0.6 is 0 Å². The van der Waals surface area contributed by atoms with Crippen LogP contribution in [0.5, 0.6) is 5.75 Å². The quantitative estimate of drug-likeness (QED) is 0.769. The Labute approximate surface area is 146 Å². The fourth-order valence-electron chi connectivity index (χ4n) is 3.36. The van der Waals surface area contributed by atoms with Gasteiger partial charge in [-0.2, -0.15) is 0 Å². The molecule has 0 aromatic heterocycles. The molecule has 2 amide bonds. The Morgan fingerprint density at radius 1 is 0.958 bits per heavy atom. The van der Waals surface area contributed by atoms with E-state index in [1.54, 1.807) is 7.11 Å². The number of hydrogen-bond donors (Lipinski definition) is 2. The van der Waals surface area contributed by atoms with Crippen molar-refractivity contribution in [2.45, 2.75) is 76.7 Å². The number of carbonyl (C=O) groups excluding carboxylic acids is 1. The standard InChI is InChI=1S/C20H32N2O2/c1-24-19-15-11-14-18(16-19)22-20(23)21-17-12-9-7-5-3-2-4-6-8-10-13-17/h11,14-17H,2-10,12-13H2,1H3,(H2,21,22,23). The lowest BCUT2D eigenvalue weighted by Crippen LogP contribution is -2.38. The largest absolute Gasteiger partial charge is 0.497 e. The summed E-state index contributed by atoms with van der Waals surface area (Å²) in [5, 5.41) is 6.09. The molecule has 0 atom stereocenters. The van der Waals surface area contributed by atoms with E-state index < -0.39 is 0 Å². The van der Waals surface area contributed by atoms with Crippen molar-refractivity contribution < 1.29 is 9.53 Å². The summed E-state index contributed by atoms with van der Waals surface area (Å²) < 4.78 is 5.19. The van der Waals surface area contributed by atoms with E-state index in [1.165, 1.54) is 57.8 Å². The Balaban J connectivity index is 1.82. The van der Waals surface area contributed by atoms with Gasteiger partial charge >= 0.3 is 6.03 Å². The van der Waals surface area contributed by atoms with Crippen LogP contribution in [-0.2, 0) is 0 Å². The van der Waals surface area contributed by atoms with Crippen LogP contribution in [0.2, 0.25) is 0 Å². The van der Waals surface area contributed by atoms with Gasteiger partial charge < -0.3 is 15.4 Å². The minimum atomic E-state index is -0.111. The van der Waals surface area contributed by atoms with Gasteiger partial charge in [-0.3, -0.25) is 0 Å². The van der Waals surface area contributed by atoms with E-state index in [-0.39, 0.29) is 12.1 Å². The molecule has 24 heavy (non-hydrogen) atoms. The number of anilines is 1. The number of rotatable bonds is 3. The first-order valence-electron chi connectivity index (χ1n) is 9.49. The molecular weight excluding hydrogens is 300 g/mol. The Morgan fingerprint density at radius 2 is 1.54 bits per heavy atom. The number of amides is 2. The van der Waals surface area contributed by atoms with Crippen molar-refractivity contribution in [2.75, 3.05) is 12.4 Å². The molecule has 1 fully saturated rings. The molecule has 0 spiro atoms. The Morgan fingerprint density at radius 3 is 2.12 bits per heavy atom. The number of urea groups is 1. The van der Waals surface area contributed by atoms with Crippen LogP contribution in [0.25, 0.3) is 0 Å². The monoisotopic (exact) mass is 332 g/mol. The van der Waals surface area contributed by atoms with Gasteiger partial charge in [0.05, 0.1) is 7.11 Å². The molecule has 2 N–H and O–H groups in total. The first kappa shape index (κ1) is 18.6. The third-order valence-electron chi connectivity index (χ3n) is 4.77. The molecule has 0 aliphatic heterocycles. The van der Waals surface area contributed by atoms with Crippen LogP contribution in [0.3, 0.4) is 0 Å². The topological polar surface area (TPSA) is 50.4 Å². The molecule has 0 radical (unpaired) electrons. The minimum Gasteiger partial charge on any atom is -0.497 e. The lowest BCUT2D eigenvalue weighted by molar-refractivity contribution is 0.246. The average molecular weight is 332 g/mol. The van der Waals surface area contributed by atoms with Gasteiger partial charge in [-0.1, -0.05) is 63.9 Å². The second kappa shape index (κ2) is 11.0. The lowest BCUT2D eigenvalue weighted by Gasteiger charge is -2.20. The molecule has 0 bridgehead atoms. The van der Waals surface area contributed by atoms with E-state index in [0.717, 1.165) is 24.3 Å². The molecular formula is C20H32N2O2. The molecule has 1 aromatic carbocycles. The van der Waals surface area contributed by atoms with Gasteiger partial charge in [-0.05, 0) is 25.0 Å². The maximum Gasteiger partial charge on any atom is 0.319 e. The highest BCUT2D eigenvalue weighted by Crippen LogP contribution is 2.18. The molecule has 4 heteroatoms. The van der Waals surface area contributed by atoms with Crippen molar-refractivity contribution >= 4 is 11.7 Å². The molecule has 134 valence electrons. The Bertz CT molecular complexity index is 478. The van der Waals surface area contributed by atoms with Crippen LogP contribution in [0.1, 0.15) is 70.6 Å². The maximum atomic E-state index is 12.3. The zero-order chi connectivity index (χ0) is 17.0. The van der Waals surface area contributed by atoms with Crippen molar-refractivity contribution in [3.63, 3.8) is 0 Å². The number of hydrogen-bond acceptors (Lipinski definition) is 2. The van der Waals surface area contributed by atoms with Crippen molar-refractivity contribution in [3.8, 4) is 5.75 Å². The van der Waals surface area contributed by atoms with Crippen molar-refractivity contribution in [3.05, 3.63) is 24.3 Å². The predicted octanol–water partition coefficient (Wildman–Crippen LogP) is 5.49. The van der Waals surface area contributed by atoms with Crippen LogP contribution in [0.15, 0.2) is 24.3 Å². The van der Waals surface area contributed by atoms with Crippen LogP contribution in [0, 0.1) is 0 Å². The normalized spacial score (nSPS) is 18.0. The van der Waals surface area contributed by atoms with Gasteiger partial charge in [0.25, 0.3) is 0 Å². The molecule has 1 aromatic rings. The number of carbonyl (C=O) groups is 1. The van der Waals surface area contributed by atoms with E-state index in [0.29, 0.717) is 0 Å². The maximum absolute atomic E-state index is 12.3. The van der Waals surface area contributed by atoms with Gasteiger partial charge in [0, 0.05) is 17.8 Å². The van der Waals surface area contributed by atoms with Crippen molar-refractivity contribution in [1.82, 2.24) is 5.32 Å². The number of methoxy groups -OCH3 is 1. The van der Waals surface area contributed by atoms with E-state index in [1.807, 2.05) is 24.3 Å². The van der Waals surface area contributed by atoms with Gasteiger partial charge in [0.1, 0.15) is 5.75 Å². The Kier molecular flexibility index (Phi) is 8.50. The summed E-state index contributed by atoms with van der Waals surface area (Å²) in [6, 6.07) is 7.64. The van der Waals surface area contributed by atoms with E-state index in [2.05, 4.69) is 10.6 Å². The predicted molar refractivity (Wildman–Crippen MR) is 99.7 cm³/mol. The smallest absolute Gasteiger partial charge is 0.319 e. The SMILES string of the molecule is COc1cccc(NC(=O)NC2CCCCCCCCCCC2)c1. The molecule has 1 aliphatic carbocycles. The van der Waals surface area contributed by atoms with Crippen LogP contribution in [0.4, 0.5) is 10.5 Å². The molecule has 1 aliphatic rings. The van der Waals surface area contributed by atoms with Gasteiger partial charge in [-0.15, -0.1) is 0 Å². The van der Waals surface area contributed by atoms with E-state index in [4.69, 9.17) is 4.74 Å². The fourth-order valence-corrected chi connectivity index (χ4v) is 3.36. The highest BCUT2D eigenvalue weighted by Gasteiger charge is 2.13. The molecule has 0 saturated heterocycles. The summed E-state index contributed by atoms with van der Waals surface area (Å²) in [7, 11) is 1.63. The average Bonchev–Trinajstić information content (AvgIpc) is 2.57. The number of nitrogens with one attached hydrogen (secondary N) is 2. The van der Waals surface area contributed by atoms with Crippen molar-refractivity contribution in [2.24, 2.45) is 0 Å². The van der Waals surface area contributed by atoms with Crippen LogP contribution < -0.4 is 15.4 Å². The second-order valence-electron chi connectivity index (χ2n) is 6.79. The highest BCUT2D eigenvalue weighted by molar-refractivity contribution is 5.89. The third kappa shape index (κ3) is 7.24. The molecule has 4 nitrogen and oxygen atoms in total. The summed E-state index contributed by atoms with van der Waals surface area (Å²) in [5.41, 5.74) is 0.764. The van der Waals surface area contributed by atoms with Gasteiger partial charge in [0.2, 0.25) is 0 Å². The molecule has 1 saturated carbocycles. The van der Waals surface area contributed by atoms with Crippen molar-refractivity contribution in [1.29, 1.82) is 0 Å². The summed E-state index contributed by atoms with van der Waals surface area (Å²) >= 11 is 0. The summed E-state index contributed by atoms with van der Waals surface area (Å²) in [5.74, 6) is 0.749. The first-order chi connectivity index (χ1) is 11.8. The fraction of sp³-hybridized carbons (Fsp3) is 0.650. The molecule has 0 unspecified atom stereocenters. The van der Waals surface area contributed by atoms with Gasteiger partial charge in [0.15, 0.2) is 0 Å². The minimum absolute atomic E-state index is 0.111. The third-order valence-corrected chi connectivity index (χ3v) is 4.77. The summed E-state index contributed by atoms with van der Waals surface area (Å²) in [6.45, 7) is 0. The zero-order valence-corrected chi connectivity index (χ0v) is 15.0. The summed E-state index contributed by atoms with van der Waals surface area (Å²) in [6.07, 6.45) is 14.0. The van der Waals surface area contributed by atoms with Gasteiger partial charge in [-0.25, -0.2) is 4.79 Å². The molecule has 0 heterocycles. The second-order valence-corrected chi connectivity index (χ2v) is 6.79. The first-order valence-corrected chi connectivity index (χ1v) is 9.49. The highest BCUT2D eigenvalue weighted by atomic mass is 16.5.